The van der Waals surface area contributed by atoms with E-state index >= 15 is 0 Å². The van der Waals surface area contributed by atoms with Crippen molar-refractivity contribution in [3.8, 4) is 0 Å². The first-order valence-corrected chi connectivity index (χ1v) is 10.9. The number of likely N-dealkylation sites (tertiary alicyclic amines) is 1. The Morgan fingerprint density at radius 3 is 2.82 bits per heavy atom. The van der Waals surface area contributed by atoms with E-state index in [0.717, 1.165) is 56.4 Å². The highest BCUT2D eigenvalue weighted by Gasteiger charge is 2.60. The van der Waals surface area contributed by atoms with Crippen molar-refractivity contribution >= 4 is 17.5 Å². The lowest BCUT2D eigenvalue weighted by molar-refractivity contribution is -0.152. The van der Waals surface area contributed by atoms with E-state index in [1.165, 1.54) is 6.42 Å². The summed E-state index contributed by atoms with van der Waals surface area (Å²) >= 11 is 0. The number of carbonyl (C=O) groups excluding carboxylic acids is 2. The first kappa shape index (κ1) is 18.0. The maximum absolute atomic E-state index is 13.4. The maximum Gasteiger partial charge on any atom is 0.255 e. The van der Waals surface area contributed by atoms with Gasteiger partial charge in [0, 0.05) is 30.6 Å². The second kappa shape index (κ2) is 6.23. The summed E-state index contributed by atoms with van der Waals surface area (Å²) in [5.41, 5.74) is 1.16. The van der Waals surface area contributed by atoms with Crippen molar-refractivity contribution in [1.29, 1.82) is 0 Å². The van der Waals surface area contributed by atoms with Crippen LogP contribution in [0, 0.1) is 23.2 Å². The Bertz CT molecular complexity index is 824. The Kier molecular flexibility index (Phi) is 4.01. The Labute approximate surface area is 167 Å². The molecule has 2 N–H and O–H groups in total. The number of nitrogens with zero attached hydrogens (tertiary/aromatic N) is 1. The van der Waals surface area contributed by atoms with Crippen LogP contribution in [-0.4, -0.2) is 35.5 Å². The summed E-state index contributed by atoms with van der Waals surface area (Å²) in [6, 6.07) is 7.75. The number of hydrogen-bond donors (Lipinski definition) is 2. The fourth-order valence-electron chi connectivity index (χ4n) is 6.44. The number of benzene rings is 1. The normalized spacial score (nSPS) is 39.3. The van der Waals surface area contributed by atoms with Gasteiger partial charge in [-0.25, -0.2) is 0 Å². The van der Waals surface area contributed by atoms with Gasteiger partial charge in [0.05, 0.1) is 5.56 Å². The first-order chi connectivity index (χ1) is 13.4. The van der Waals surface area contributed by atoms with Gasteiger partial charge in [0.25, 0.3) is 5.91 Å². The summed E-state index contributed by atoms with van der Waals surface area (Å²) in [4.78, 5) is 28.4. The summed E-state index contributed by atoms with van der Waals surface area (Å²) in [5, 5.41) is 7.00. The molecule has 3 saturated carbocycles. The number of fused-ring (bicyclic) bond motifs is 3. The number of hydrogen-bond acceptors (Lipinski definition) is 3. The van der Waals surface area contributed by atoms with Crippen LogP contribution in [0.3, 0.4) is 0 Å². The summed E-state index contributed by atoms with van der Waals surface area (Å²) < 4.78 is 0. The van der Waals surface area contributed by atoms with E-state index in [4.69, 9.17) is 0 Å². The fraction of sp³-hybridized carbons (Fsp3) is 0.652. The third-order valence-corrected chi connectivity index (χ3v) is 7.94. The van der Waals surface area contributed by atoms with Crippen molar-refractivity contribution < 1.29 is 9.59 Å². The zero-order valence-electron chi connectivity index (χ0n) is 17.0. The minimum Gasteiger partial charge on any atom is -0.362 e. The number of nitrogens with one attached hydrogen (secondary N) is 2. The highest BCUT2D eigenvalue weighted by molar-refractivity contribution is 6.02. The Morgan fingerprint density at radius 1 is 1.21 bits per heavy atom. The molecule has 6 rings (SSSR count). The van der Waals surface area contributed by atoms with Gasteiger partial charge in [-0.05, 0) is 62.0 Å². The van der Waals surface area contributed by atoms with Gasteiger partial charge in [0.2, 0.25) is 5.91 Å². The van der Waals surface area contributed by atoms with Crippen LogP contribution >= 0.6 is 0 Å². The van der Waals surface area contributed by atoms with Crippen LogP contribution in [0.5, 0.6) is 0 Å². The smallest absolute Gasteiger partial charge is 0.255 e. The lowest BCUT2D eigenvalue weighted by Crippen LogP contribution is -2.70. The average molecular weight is 382 g/mol. The van der Waals surface area contributed by atoms with E-state index in [1.54, 1.807) is 0 Å². The van der Waals surface area contributed by atoms with E-state index in [-0.39, 0.29) is 17.2 Å². The van der Waals surface area contributed by atoms with E-state index in [2.05, 4.69) is 29.4 Å². The summed E-state index contributed by atoms with van der Waals surface area (Å²) in [6.45, 7) is 6.34. The highest BCUT2D eigenvalue weighted by Crippen LogP contribution is 2.58. The molecule has 150 valence electrons. The average Bonchev–Trinajstić information content (AvgIpc) is 2.67. The molecule has 0 aromatic heterocycles. The molecule has 3 aliphatic carbocycles. The predicted molar refractivity (Wildman–Crippen MR) is 109 cm³/mol. The number of anilines is 1. The minimum atomic E-state index is -0.412. The van der Waals surface area contributed by atoms with E-state index in [1.807, 2.05) is 24.3 Å². The molecule has 2 bridgehead atoms. The van der Waals surface area contributed by atoms with Crippen LogP contribution in [0.25, 0.3) is 0 Å². The maximum atomic E-state index is 13.4. The monoisotopic (exact) mass is 381 g/mol. The van der Waals surface area contributed by atoms with Crippen LogP contribution in [0.2, 0.25) is 0 Å². The lowest BCUT2D eigenvalue weighted by Gasteiger charge is -2.61. The highest BCUT2D eigenvalue weighted by atomic mass is 16.2. The van der Waals surface area contributed by atoms with Crippen LogP contribution < -0.4 is 10.6 Å². The molecule has 0 unspecified atom stereocenters. The van der Waals surface area contributed by atoms with E-state index in [9.17, 15) is 9.59 Å². The number of rotatable bonds is 1. The molecule has 5 heteroatoms. The molecular formula is C23H31N3O2. The van der Waals surface area contributed by atoms with Crippen LogP contribution in [-0.2, 0) is 4.79 Å². The van der Waals surface area contributed by atoms with Gasteiger partial charge in [-0.15, -0.1) is 0 Å². The second-order valence-corrected chi connectivity index (χ2v) is 9.98. The molecule has 5 nitrogen and oxygen atoms in total. The van der Waals surface area contributed by atoms with Gasteiger partial charge in [-0.3, -0.25) is 9.59 Å². The van der Waals surface area contributed by atoms with Crippen LogP contribution in [0.15, 0.2) is 24.3 Å². The number of para-hydroxylation sites is 1. The summed E-state index contributed by atoms with van der Waals surface area (Å²) in [7, 11) is 0. The van der Waals surface area contributed by atoms with Crippen molar-refractivity contribution in [1.82, 2.24) is 10.2 Å². The molecule has 0 radical (unpaired) electrons. The molecular weight excluding hydrogens is 350 g/mol. The van der Waals surface area contributed by atoms with Crippen molar-refractivity contribution in [2.45, 2.75) is 58.0 Å². The third kappa shape index (κ3) is 2.66. The zero-order valence-corrected chi connectivity index (χ0v) is 17.0. The molecule has 1 saturated heterocycles. The van der Waals surface area contributed by atoms with Crippen molar-refractivity contribution in [2.75, 3.05) is 18.4 Å². The lowest BCUT2D eigenvalue weighted by atomic mass is 9.51. The Balaban J connectivity index is 1.41. The molecule has 1 aromatic carbocycles. The first-order valence-electron chi connectivity index (χ1n) is 10.9. The molecule has 1 spiro atoms. The minimum absolute atomic E-state index is 0.0123. The largest absolute Gasteiger partial charge is 0.362 e. The van der Waals surface area contributed by atoms with Gasteiger partial charge in [-0.2, -0.15) is 0 Å². The quantitative estimate of drug-likeness (QED) is 0.781. The second-order valence-electron chi connectivity index (χ2n) is 9.98. The zero-order chi connectivity index (χ0) is 19.5. The van der Waals surface area contributed by atoms with E-state index in [0.29, 0.717) is 17.7 Å². The van der Waals surface area contributed by atoms with Crippen molar-refractivity contribution in [3.05, 3.63) is 29.8 Å². The third-order valence-electron chi connectivity index (χ3n) is 7.94. The standard InChI is InChI=1S/C23H31N3O2/c1-15-6-5-11-26(13-15)21(28)18-12-16-9-10-22(18,2)14-23(16)24-19-8-4-3-7-17(19)20(27)25-23/h3-4,7-8,15-16,18,24H,5-6,9-14H2,1-2H3,(H,25,27)/t15-,16-,18+,22+,23+/m1/s1. The SMILES string of the molecule is C[C@@H]1CCCN(C(=O)[C@@H]2C[C@H]3CC[C@@]2(C)C[C@]32NC(=O)c3ccccc3N2)C1. The summed E-state index contributed by atoms with van der Waals surface area (Å²) in [6.07, 6.45) is 6.18. The molecule has 2 aliphatic heterocycles. The number of piperidine rings is 1. The Hall–Kier alpha value is -2.04. The number of amides is 2. The predicted octanol–water partition coefficient (Wildman–Crippen LogP) is 3.62. The molecule has 5 aliphatic rings. The molecule has 1 aromatic rings. The summed E-state index contributed by atoms with van der Waals surface area (Å²) in [5.74, 6) is 1.35. The molecule has 2 amide bonds. The topological polar surface area (TPSA) is 61.4 Å². The van der Waals surface area contributed by atoms with Crippen LogP contribution in [0.4, 0.5) is 5.69 Å². The number of carbonyl (C=O) groups is 2. The van der Waals surface area contributed by atoms with Crippen molar-refractivity contribution in [3.63, 3.8) is 0 Å². The van der Waals surface area contributed by atoms with Gasteiger partial charge in [0.15, 0.2) is 0 Å². The Morgan fingerprint density at radius 2 is 2.04 bits per heavy atom. The molecule has 5 atom stereocenters. The van der Waals surface area contributed by atoms with Gasteiger partial charge < -0.3 is 15.5 Å². The molecule has 2 heterocycles. The van der Waals surface area contributed by atoms with Crippen molar-refractivity contribution in [2.24, 2.45) is 23.2 Å². The van der Waals surface area contributed by atoms with Crippen LogP contribution in [0.1, 0.15) is 62.7 Å². The molecule has 4 fully saturated rings. The van der Waals surface area contributed by atoms with Gasteiger partial charge in [0.1, 0.15) is 5.66 Å². The molecule has 28 heavy (non-hydrogen) atoms. The van der Waals surface area contributed by atoms with Gasteiger partial charge in [-0.1, -0.05) is 26.0 Å². The van der Waals surface area contributed by atoms with Gasteiger partial charge >= 0.3 is 0 Å². The van der Waals surface area contributed by atoms with E-state index < -0.39 is 5.66 Å². The fourth-order valence-corrected chi connectivity index (χ4v) is 6.44.